The standard InChI is InChI=1S/C15H24N3O8P/c1-2-3-4-5-13(20)16-12-6-7-18(15(21)17-12)14-8-10(19)11(26-14)9-25-27(22,23)24/h6-7,10-11,14,19H,2-5,8-9H2,1H3,(H2,22,23,24)(H,16,17,20,21)/t10-,11+,14+/m0/s1. The number of hydrogen-bond donors (Lipinski definition) is 4. The van der Waals surface area contributed by atoms with Crippen molar-refractivity contribution in [2.45, 2.75) is 57.5 Å². The van der Waals surface area contributed by atoms with E-state index in [-0.39, 0.29) is 18.1 Å². The van der Waals surface area contributed by atoms with Crippen LogP contribution < -0.4 is 11.0 Å². The van der Waals surface area contributed by atoms with Crippen LogP contribution in [0.25, 0.3) is 0 Å². The first kappa shape index (κ1) is 21.7. The second-order valence-corrected chi connectivity index (χ2v) is 7.47. The van der Waals surface area contributed by atoms with Crippen LogP contribution in [0.15, 0.2) is 17.1 Å². The largest absolute Gasteiger partial charge is 0.469 e. The maximum atomic E-state index is 12.2. The smallest absolute Gasteiger partial charge is 0.390 e. The molecule has 1 amide bonds. The molecule has 0 radical (unpaired) electrons. The van der Waals surface area contributed by atoms with Gasteiger partial charge in [0.1, 0.15) is 18.1 Å². The topological polar surface area (TPSA) is 160 Å². The Hall–Kier alpha value is -1.62. The number of rotatable bonds is 9. The van der Waals surface area contributed by atoms with Crippen molar-refractivity contribution >= 4 is 19.5 Å². The first-order valence-electron chi connectivity index (χ1n) is 8.62. The molecule has 1 saturated heterocycles. The summed E-state index contributed by atoms with van der Waals surface area (Å²) in [5.74, 6) is -0.104. The van der Waals surface area contributed by atoms with Crippen LogP contribution in [0.2, 0.25) is 0 Å². The molecule has 4 N–H and O–H groups in total. The van der Waals surface area contributed by atoms with Gasteiger partial charge in [0.15, 0.2) is 0 Å². The summed E-state index contributed by atoms with van der Waals surface area (Å²) in [6.45, 7) is 1.51. The normalized spacial score (nSPS) is 22.7. The van der Waals surface area contributed by atoms with E-state index in [0.29, 0.717) is 6.42 Å². The molecule has 0 aromatic carbocycles. The van der Waals surface area contributed by atoms with Gasteiger partial charge in [-0.05, 0) is 12.5 Å². The number of phosphoric acid groups is 1. The highest BCUT2D eigenvalue weighted by molar-refractivity contribution is 7.46. The third-order valence-corrected chi connectivity index (χ3v) is 4.51. The summed E-state index contributed by atoms with van der Waals surface area (Å²) in [4.78, 5) is 45.2. The molecule has 152 valence electrons. The Morgan fingerprint density at radius 1 is 1.48 bits per heavy atom. The highest BCUT2D eigenvalue weighted by atomic mass is 31.2. The van der Waals surface area contributed by atoms with Gasteiger partial charge in [-0.2, -0.15) is 4.98 Å². The van der Waals surface area contributed by atoms with Crippen molar-refractivity contribution in [3.8, 4) is 0 Å². The van der Waals surface area contributed by atoms with Gasteiger partial charge in [-0.3, -0.25) is 13.9 Å². The van der Waals surface area contributed by atoms with Crippen LogP contribution in [0.1, 0.15) is 45.3 Å². The van der Waals surface area contributed by atoms with Gasteiger partial charge in [-0.1, -0.05) is 19.8 Å². The summed E-state index contributed by atoms with van der Waals surface area (Å²) in [5.41, 5.74) is -0.685. The summed E-state index contributed by atoms with van der Waals surface area (Å²) >= 11 is 0. The number of anilines is 1. The maximum Gasteiger partial charge on any atom is 0.469 e. The van der Waals surface area contributed by atoms with Crippen LogP contribution in [-0.4, -0.2) is 49.2 Å². The predicted octanol–water partition coefficient (Wildman–Crippen LogP) is 0.520. The average molecular weight is 405 g/mol. The monoisotopic (exact) mass is 405 g/mol. The van der Waals surface area contributed by atoms with E-state index in [1.165, 1.54) is 12.3 Å². The SMILES string of the molecule is CCCCCC(=O)Nc1ccn([C@H]2C[C@H](O)[C@@H](COP(=O)(O)O)O2)c(=O)n1. The van der Waals surface area contributed by atoms with E-state index in [9.17, 15) is 19.3 Å². The zero-order valence-electron chi connectivity index (χ0n) is 14.9. The second kappa shape index (κ2) is 9.54. The van der Waals surface area contributed by atoms with E-state index in [4.69, 9.17) is 14.5 Å². The Morgan fingerprint density at radius 3 is 2.85 bits per heavy atom. The van der Waals surface area contributed by atoms with Gasteiger partial charge < -0.3 is 24.9 Å². The molecule has 1 aliphatic heterocycles. The van der Waals surface area contributed by atoms with Gasteiger partial charge in [0.25, 0.3) is 0 Å². The first-order chi connectivity index (χ1) is 12.7. The molecule has 2 heterocycles. The highest BCUT2D eigenvalue weighted by Crippen LogP contribution is 2.38. The Bertz CT molecular complexity index is 749. The van der Waals surface area contributed by atoms with E-state index in [0.717, 1.165) is 23.8 Å². The number of ether oxygens (including phenoxy) is 1. The van der Waals surface area contributed by atoms with Crippen LogP contribution in [0.4, 0.5) is 5.82 Å². The molecule has 0 unspecified atom stereocenters. The van der Waals surface area contributed by atoms with Crippen LogP contribution in [0.5, 0.6) is 0 Å². The number of aliphatic hydroxyl groups is 1. The van der Waals surface area contributed by atoms with Crippen LogP contribution in [0.3, 0.4) is 0 Å². The molecule has 11 nitrogen and oxygen atoms in total. The van der Waals surface area contributed by atoms with Gasteiger partial charge in [0.2, 0.25) is 5.91 Å². The number of aliphatic hydroxyl groups excluding tert-OH is 1. The van der Waals surface area contributed by atoms with Crippen LogP contribution >= 0.6 is 7.82 Å². The van der Waals surface area contributed by atoms with E-state index >= 15 is 0 Å². The molecule has 27 heavy (non-hydrogen) atoms. The minimum atomic E-state index is -4.69. The number of unbranched alkanes of at least 4 members (excludes halogenated alkanes) is 2. The Balaban J connectivity index is 1.96. The van der Waals surface area contributed by atoms with Crippen LogP contribution in [-0.2, 0) is 18.6 Å². The van der Waals surface area contributed by atoms with Crippen molar-refractivity contribution < 1.29 is 33.5 Å². The number of nitrogens with zero attached hydrogens (tertiary/aromatic N) is 2. The number of aromatic nitrogens is 2. The van der Waals surface area contributed by atoms with Gasteiger partial charge in [0.05, 0.1) is 12.7 Å². The molecule has 1 aromatic heterocycles. The van der Waals surface area contributed by atoms with Crippen molar-refractivity contribution in [2.75, 3.05) is 11.9 Å². The van der Waals surface area contributed by atoms with E-state index in [1.54, 1.807) is 0 Å². The number of nitrogens with one attached hydrogen (secondary N) is 1. The molecule has 0 aliphatic carbocycles. The van der Waals surface area contributed by atoms with Crippen molar-refractivity contribution in [3.05, 3.63) is 22.7 Å². The Morgan fingerprint density at radius 2 is 2.22 bits per heavy atom. The molecule has 2 rings (SSSR count). The number of amides is 1. The molecular weight excluding hydrogens is 381 g/mol. The Kier molecular flexibility index (Phi) is 7.66. The van der Waals surface area contributed by atoms with Crippen molar-refractivity contribution in [1.29, 1.82) is 0 Å². The third-order valence-electron chi connectivity index (χ3n) is 4.03. The summed E-state index contributed by atoms with van der Waals surface area (Å²) in [6, 6.07) is 1.44. The lowest BCUT2D eigenvalue weighted by Gasteiger charge is -2.16. The van der Waals surface area contributed by atoms with Crippen LogP contribution in [0, 0.1) is 0 Å². The fraction of sp³-hybridized carbons (Fsp3) is 0.667. The predicted molar refractivity (Wildman–Crippen MR) is 93.8 cm³/mol. The van der Waals surface area contributed by atoms with Crippen molar-refractivity contribution in [1.82, 2.24) is 9.55 Å². The lowest BCUT2D eigenvalue weighted by molar-refractivity contribution is -0.116. The fourth-order valence-corrected chi connectivity index (χ4v) is 2.99. The second-order valence-electron chi connectivity index (χ2n) is 6.23. The van der Waals surface area contributed by atoms with Gasteiger partial charge >= 0.3 is 13.5 Å². The van der Waals surface area contributed by atoms with Crippen molar-refractivity contribution in [3.63, 3.8) is 0 Å². The highest BCUT2D eigenvalue weighted by Gasteiger charge is 2.37. The molecule has 0 spiro atoms. The fourth-order valence-electron chi connectivity index (χ4n) is 2.65. The quantitative estimate of drug-likeness (QED) is 0.339. The first-order valence-corrected chi connectivity index (χ1v) is 10.1. The molecule has 12 heteroatoms. The summed E-state index contributed by atoms with van der Waals surface area (Å²) in [6.07, 6.45) is 1.52. The van der Waals surface area contributed by atoms with E-state index in [1.807, 2.05) is 6.92 Å². The molecular formula is C15H24N3O8P. The van der Waals surface area contributed by atoms with Gasteiger partial charge in [-0.25, -0.2) is 9.36 Å². The number of hydrogen-bond acceptors (Lipinski definition) is 7. The molecule has 3 atom stereocenters. The lowest BCUT2D eigenvalue weighted by Crippen LogP contribution is -2.29. The molecule has 1 aliphatic rings. The third kappa shape index (κ3) is 6.80. The zero-order valence-corrected chi connectivity index (χ0v) is 15.7. The number of carbonyl (C=O) groups excluding carboxylic acids is 1. The molecule has 0 saturated carbocycles. The Labute approximate surface area is 155 Å². The average Bonchev–Trinajstić information content (AvgIpc) is 2.93. The van der Waals surface area contributed by atoms with Gasteiger partial charge in [0, 0.05) is 19.0 Å². The number of phosphoric ester groups is 1. The summed E-state index contributed by atoms with van der Waals surface area (Å²) in [7, 11) is -4.69. The zero-order chi connectivity index (χ0) is 20.0. The van der Waals surface area contributed by atoms with Gasteiger partial charge in [-0.15, -0.1) is 0 Å². The minimum absolute atomic E-state index is 0.0273. The van der Waals surface area contributed by atoms with E-state index in [2.05, 4.69) is 14.8 Å². The van der Waals surface area contributed by atoms with E-state index < -0.39 is 38.6 Å². The summed E-state index contributed by atoms with van der Waals surface area (Å²) < 4.78 is 21.6. The lowest BCUT2D eigenvalue weighted by atomic mass is 10.2. The molecule has 1 aromatic rings. The summed E-state index contributed by atoms with van der Waals surface area (Å²) in [5, 5.41) is 12.5. The molecule has 1 fully saturated rings. The molecule has 0 bridgehead atoms. The maximum absolute atomic E-state index is 12.2. The minimum Gasteiger partial charge on any atom is -0.390 e. The number of carbonyl (C=O) groups is 1. The van der Waals surface area contributed by atoms with Crippen molar-refractivity contribution in [2.24, 2.45) is 0 Å².